The van der Waals surface area contributed by atoms with Crippen molar-refractivity contribution < 1.29 is 14.4 Å². The van der Waals surface area contributed by atoms with E-state index in [1.807, 2.05) is 65.6 Å². The highest BCUT2D eigenvalue weighted by Gasteiger charge is 2.51. The molecule has 0 bridgehead atoms. The molecule has 1 N–H and O–H groups in total. The third-order valence-electron chi connectivity index (χ3n) is 7.19. The molecule has 3 atom stereocenters. The fourth-order valence-electron chi connectivity index (χ4n) is 5.40. The Balaban J connectivity index is 1.65. The van der Waals surface area contributed by atoms with Gasteiger partial charge in [0.2, 0.25) is 11.8 Å². The summed E-state index contributed by atoms with van der Waals surface area (Å²) in [5.41, 5.74) is 1.99. The Kier molecular flexibility index (Phi) is 8.25. The van der Waals surface area contributed by atoms with Gasteiger partial charge in [0, 0.05) is 26.1 Å². The van der Waals surface area contributed by atoms with Crippen molar-refractivity contribution in [3.8, 4) is 0 Å². The van der Waals surface area contributed by atoms with Crippen LogP contribution in [0.5, 0.6) is 0 Å². The molecule has 2 fully saturated rings. The number of carbonyl (C=O) groups excluding carboxylic acids is 3. The minimum atomic E-state index is -0.650. The number of nitrogens with zero attached hydrogens (tertiary/aromatic N) is 4. The van der Waals surface area contributed by atoms with Crippen LogP contribution in [-0.2, 0) is 22.6 Å². The lowest BCUT2D eigenvalue weighted by molar-refractivity contribution is -0.189. The SMILES string of the molecule is CCCC(CC)N1C[C@H]2N(C(=O)CN(C)N2C(=O)NCc2ccccc2)[C@@H](Cc2ccccc2)C1=O. The zero-order valence-electron chi connectivity index (χ0n) is 21.5. The zero-order chi connectivity index (χ0) is 25.7. The first-order chi connectivity index (χ1) is 17.4. The van der Waals surface area contributed by atoms with Crippen LogP contribution in [0.1, 0.15) is 44.2 Å². The van der Waals surface area contributed by atoms with E-state index in [-0.39, 0.29) is 30.4 Å². The quantitative estimate of drug-likeness (QED) is 0.615. The number of rotatable bonds is 8. The number of hydrogen-bond donors (Lipinski definition) is 1. The maximum absolute atomic E-state index is 13.9. The van der Waals surface area contributed by atoms with Gasteiger partial charge in [0.05, 0.1) is 13.1 Å². The number of amides is 4. The van der Waals surface area contributed by atoms with E-state index in [1.165, 1.54) is 0 Å². The number of fused-ring (bicyclic) bond motifs is 1. The highest BCUT2D eigenvalue weighted by molar-refractivity contribution is 5.91. The standard InChI is InChI=1S/C28H37N5O3/c1-4-12-23(5-2)31-19-25-32(24(27(31)35)17-21-13-8-6-9-14-21)26(34)20-30(3)33(25)28(36)29-18-22-15-10-7-11-16-22/h6-11,13-16,23-25H,4-5,12,17-20H2,1-3H3,(H,29,36)/t23?,24-,25-/m0/s1. The van der Waals surface area contributed by atoms with Crippen molar-refractivity contribution in [3.63, 3.8) is 0 Å². The molecule has 36 heavy (non-hydrogen) atoms. The van der Waals surface area contributed by atoms with Gasteiger partial charge in [-0.25, -0.2) is 14.8 Å². The molecule has 0 radical (unpaired) electrons. The number of hydrazine groups is 1. The molecule has 8 heteroatoms. The normalized spacial score (nSPS) is 21.4. The summed E-state index contributed by atoms with van der Waals surface area (Å²) in [5.74, 6) is -0.162. The molecule has 2 heterocycles. The van der Waals surface area contributed by atoms with Crippen LogP contribution in [0, 0.1) is 0 Å². The van der Waals surface area contributed by atoms with Crippen LogP contribution in [0.25, 0.3) is 0 Å². The van der Waals surface area contributed by atoms with Gasteiger partial charge in [-0.05, 0) is 24.0 Å². The van der Waals surface area contributed by atoms with Crippen LogP contribution in [-0.4, -0.2) is 76.0 Å². The van der Waals surface area contributed by atoms with Gasteiger partial charge in [-0.3, -0.25) is 9.59 Å². The van der Waals surface area contributed by atoms with Crippen molar-refractivity contribution in [1.29, 1.82) is 0 Å². The molecule has 2 saturated heterocycles. The summed E-state index contributed by atoms with van der Waals surface area (Å²) in [6.45, 7) is 4.94. The van der Waals surface area contributed by atoms with Crippen molar-refractivity contribution in [2.75, 3.05) is 20.1 Å². The molecule has 0 aliphatic carbocycles. The highest BCUT2D eigenvalue weighted by atomic mass is 16.2. The molecular formula is C28H37N5O3. The van der Waals surface area contributed by atoms with Crippen molar-refractivity contribution >= 4 is 17.8 Å². The minimum absolute atomic E-state index is 0.0297. The average molecular weight is 492 g/mol. The lowest BCUT2D eigenvalue weighted by Gasteiger charge is -2.55. The molecule has 2 aliphatic heterocycles. The summed E-state index contributed by atoms with van der Waals surface area (Å²) in [5, 5.41) is 6.31. The summed E-state index contributed by atoms with van der Waals surface area (Å²) < 4.78 is 0. The van der Waals surface area contributed by atoms with Crippen LogP contribution >= 0.6 is 0 Å². The molecule has 2 aromatic carbocycles. The number of urea groups is 1. The van der Waals surface area contributed by atoms with Gasteiger partial charge >= 0.3 is 6.03 Å². The zero-order valence-corrected chi connectivity index (χ0v) is 21.5. The molecule has 2 aromatic rings. The first kappa shape index (κ1) is 25.7. The van der Waals surface area contributed by atoms with Gasteiger partial charge in [0.25, 0.3) is 0 Å². The van der Waals surface area contributed by atoms with Crippen LogP contribution in [0.4, 0.5) is 4.79 Å². The molecule has 8 nitrogen and oxygen atoms in total. The summed E-state index contributed by atoms with van der Waals surface area (Å²) in [7, 11) is 1.76. The molecule has 0 aromatic heterocycles. The smallest absolute Gasteiger partial charge is 0.334 e. The van der Waals surface area contributed by atoms with E-state index < -0.39 is 12.2 Å². The third-order valence-corrected chi connectivity index (χ3v) is 7.19. The lowest BCUT2D eigenvalue weighted by Crippen LogP contribution is -2.76. The first-order valence-corrected chi connectivity index (χ1v) is 12.9. The van der Waals surface area contributed by atoms with Crippen molar-refractivity contribution in [2.45, 2.75) is 64.3 Å². The van der Waals surface area contributed by atoms with Crippen molar-refractivity contribution in [1.82, 2.24) is 25.1 Å². The summed E-state index contributed by atoms with van der Waals surface area (Å²) in [6, 6.07) is 18.7. The Bertz CT molecular complexity index is 1050. The van der Waals surface area contributed by atoms with Crippen molar-refractivity contribution in [3.05, 3.63) is 71.8 Å². The molecule has 4 rings (SSSR count). The van der Waals surface area contributed by atoms with Gasteiger partial charge in [-0.1, -0.05) is 80.9 Å². The Morgan fingerprint density at radius 1 is 1.00 bits per heavy atom. The Labute approximate surface area is 213 Å². The van der Waals surface area contributed by atoms with Crippen LogP contribution in [0.2, 0.25) is 0 Å². The fourth-order valence-corrected chi connectivity index (χ4v) is 5.40. The summed E-state index contributed by atoms with van der Waals surface area (Å²) in [6.07, 6.45) is 2.53. The van der Waals surface area contributed by atoms with Gasteiger partial charge < -0.3 is 15.1 Å². The van der Waals surface area contributed by atoms with E-state index in [0.29, 0.717) is 19.5 Å². The van der Waals surface area contributed by atoms with Gasteiger partial charge in [0.15, 0.2) is 0 Å². The van der Waals surface area contributed by atoms with E-state index >= 15 is 0 Å². The molecular weight excluding hydrogens is 454 g/mol. The van der Waals surface area contributed by atoms with E-state index in [2.05, 4.69) is 19.2 Å². The van der Waals surface area contributed by atoms with Gasteiger partial charge in [-0.2, -0.15) is 0 Å². The number of nitrogens with one attached hydrogen (secondary N) is 1. The molecule has 2 aliphatic rings. The molecule has 4 amide bonds. The van der Waals surface area contributed by atoms with Crippen LogP contribution in [0.3, 0.4) is 0 Å². The number of piperazine rings is 1. The second-order valence-corrected chi connectivity index (χ2v) is 9.63. The van der Waals surface area contributed by atoms with Gasteiger partial charge in [-0.15, -0.1) is 0 Å². The number of hydrogen-bond acceptors (Lipinski definition) is 4. The Morgan fingerprint density at radius 3 is 2.25 bits per heavy atom. The van der Waals surface area contributed by atoms with E-state index in [0.717, 1.165) is 30.4 Å². The largest absolute Gasteiger partial charge is 0.334 e. The van der Waals surface area contributed by atoms with E-state index in [4.69, 9.17) is 0 Å². The van der Waals surface area contributed by atoms with Crippen molar-refractivity contribution in [2.24, 2.45) is 0 Å². The topological polar surface area (TPSA) is 76.2 Å². The number of benzene rings is 2. The maximum Gasteiger partial charge on any atom is 0.334 e. The van der Waals surface area contributed by atoms with E-state index in [1.54, 1.807) is 22.0 Å². The minimum Gasteiger partial charge on any atom is -0.334 e. The van der Waals surface area contributed by atoms with Crippen LogP contribution < -0.4 is 5.32 Å². The third kappa shape index (κ3) is 5.38. The predicted octanol–water partition coefficient (Wildman–Crippen LogP) is 3.25. The maximum atomic E-state index is 13.9. The Hall–Kier alpha value is -3.39. The number of likely N-dealkylation sites (N-methyl/N-ethyl adjacent to an activating group) is 1. The second-order valence-electron chi connectivity index (χ2n) is 9.63. The first-order valence-electron chi connectivity index (χ1n) is 12.9. The fraction of sp³-hybridized carbons (Fsp3) is 0.464. The molecule has 0 saturated carbocycles. The summed E-state index contributed by atoms with van der Waals surface area (Å²) >= 11 is 0. The van der Waals surface area contributed by atoms with Crippen LogP contribution in [0.15, 0.2) is 60.7 Å². The summed E-state index contributed by atoms with van der Waals surface area (Å²) in [4.78, 5) is 44.3. The highest BCUT2D eigenvalue weighted by Crippen LogP contribution is 2.30. The average Bonchev–Trinajstić information content (AvgIpc) is 2.88. The lowest BCUT2D eigenvalue weighted by atomic mass is 9.96. The van der Waals surface area contributed by atoms with E-state index in [9.17, 15) is 14.4 Å². The second kappa shape index (κ2) is 11.6. The molecule has 1 unspecified atom stereocenters. The monoisotopic (exact) mass is 491 g/mol. The molecule has 0 spiro atoms. The number of carbonyl (C=O) groups is 3. The molecule has 192 valence electrons. The van der Waals surface area contributed by atoms with Gasteiger partial charge in [0.1, 0.15) is 12.2 Å². The predicted molar refractivity (Wildman–Crippen MR) is 138 cm³/mol. The Morgan fingerprint density at radius 2 is 1.64 bits per heavy atom.